The van der Waals surface area contributed by atoms with E-state index >= 15 is 0 Å². The van der Waals surface area contributed by atoms with Gasteiger partial charge in [0.25, 0.3) is 0 Å². The molecule has 0 saturated heterocycles. The average molecular weight is 352 g/mol. The predicted octanol–water partition coefficient (Wildman–Crippen LogP) is 4.83. The number of furan rings is 1. The SMILES string of the molecule is Cc1c(C(N)c2ccc(F)c(F)c2)oc2ccc(Br)cc12. The molecule has 0 saturated carbocycles. The lowest BCUT2D eigenvalue weighted by atomic mass is 10.0. The number of nitrogens with two attached hydrogens (primary N) is 1. The van der Waals surface area contributed by atoms with Gasteiger partial charge in [0.15, 0.2) is 11.6 Å². The van der Waals surface area contributed by atoms with Gasteiger partial charge in [-0.05, 0) is 42.8 Å². The Labute approximate surface area is 128 Å². The number of halogens is 3. The third-order valence-corrected chi connectivity index (χ3v) is 4.01. The van der Waals surface area contributed by atoms with Gasteiger partial charge in [0.2, 0.25) is 0 Å². The molecule has 0 radical (unpaired) electrons. The lowest BCUT2D eigenvalue weighted by Gasteiger charge is -2.10. The molecule has 0 bridgehead atoms. The van der Waals surface area contributed by atoms with Crippen molar-refractivity contribution in [2.24, 2.45) is 5.73 Å². The van der Waals surface area contributed by atoms with E-state index in [1.807, 2.05) is 25.1 Å². The van der Waals surface area contributed by atoms with Crippen LogP contribution in [0.5, 0.6) is 0 Å². The van der Waals surface area contributed by atoms with Crippen LogP contribution in [0.15, 0.2) is 45.3 Å². The molecule has 0 aliphatic carbocycles. The van der Waals surface area contributed by atoms with Gasteiger partial charge in [0, 0.05) is 15.4 Å². The van der Waals surface area contributed by atoms with Crippen LogP contribution < -0.4 is 5.73 Å². The van der Waals surface area contributed by atoms with E-state index in [1.165, 1.54) is 6.07 Å². The summed E-state index contributed by atoms with van der Waals surface area (Å²) in [5.74, 6) is -1.26. The van der Waals surface area contributed by atoms with Gasteiger partial charge in [-0.3, -0.25) is 0 Å². The van der Waals surface area contributed by atoms with E-state index in [-0.39, 0.29) is 0 Å². The fourth-order valence-electron chi connectivity index (χ4n) is 2.37. The lowest BCUT2D eigenvalue weighted by molar-refractivity contribution is 0.498. The number of fused-ring (bicyclic) bond motifs is 1. The first-order valence-corrected chi connectivity index (χ1v) is 7.15. The summed E-state index contributed by atoms with van der Waals surface area (Å²) in [7, 11) is 0. The highest BCUT2D eigenvalue weighted by Crippen LogP contribution is 2.33. The van der Waals surface area contributed by atoms with Crippen LogP contribution in [0.4, 0.5) is 8.78 Å². The van der Waals surface area contributed by atoms with E-state index in [4.69, 9.17) is 10.2 Å². The number of benzene rings is 2. The molecule has 0 aliphatic rings. The van der Waals surface area contributed by atoms with Gasteiger partial charge < -0.3 is 10.2 Å². The Morgan fingerprint density at radius 3 is 2.57 bits per heavy atom. The Morgan fingerprint density at radius 2 is 1.86 bits per heavy atom. The topological polar surface area (TPSA) is 39.2 Å². The Balaban J connectivity index is 2.10. The molecule has 1 heterocycles. The first-order valence-electron chi connectivity index (χ1n) is 6.36. The molecule has 3 aromatic rings. The second kappa shape index (κ2) is 5.24. The molecule has 5 heteroatoms. The van der Waals surface area contributed by atoms with Crippen molar-refractivity contribution < 1.29 is 13.2 Å². The van der Waals surface area contributed by atoms with Crippen LogP contribution in [-0.2, 0) is 0 Å². The van der Waals surface area contributed by atoms with Gasteiger partial charge in [0.1, 0.15) is 11.3 Å². The minimum absolute atomic E-state index is 0.468. The molecule has 108 valence electrons. The van der Waals surface area contributed by atoms with Crippen LogP contribution in [0, 0.1) is 18.6 Å². The molecule has 0 fully saturated rings. The van der Waals surface area contributed by atoms with E-state index in [2.05, 4.69) is 15.9 Å². The van der Waals surface area contributed by atoms with Crippen LogP contribution >= 0.6 is 15.9 Å². The summed E-state index contributed by atoms with van der Waals surface area (Å²) in [6.07, 6.45) is 0. The predicted molar refractivity (Wildman–Crippen MR) is 81.0 cm³/mol. The lowest BCUT2D eigenvalue weighted by Crippen LogP contribution is -2.12. The van der Waals surface area contributed by atoms with Crippen molar-refractivity contribution in [3.63, 3.8) is 0 Å². The molecule has 21 heavy (non-hydrogen) atoms. The second-order valence-electron chi connectivity index (χ2n) is 4.88. The smallest absolute Gasteiger partial charge is 0.159 e. The quantitative estimate of drug-likeness (QED) is 0.718. The number of rotatable bonds is 2. The Hall–Kier alpha value is -1.72. The molecule has 0 spiro atoms. The van der Waals surface area contributed by atoms with Crippen molar-refractivity contribution in [1.29, 1.82) is 0 Å². The largest absolute Gasteiger partial charge is 0.459 e. The fraction of sp³-hybridized carbons (Fsp3) is 0.125. The maximum absolute atomic E-state index is 13.3. The Morgan fingerprint density at radius 1 is 1.10 bits per heavy atom. The Kier molecular flexibility index (Phi) is 3.55. The number of hydrogen-bond acceptors (Lipinski definition) is 2. The summed E-state index contributed by atoms with van der Waals surface area (Å²) >= 11 is 3.41. The molecule has 2 aromatic carbocycles. The highest BCUT2D eigenvalue weighted by Gasteiger charge is 2.20. The van der Waals surface area contributed by atoms with Crippen LogP contribution in [0.3, 0.4) is 0 Å². The summed E-state index contributed by atoms with van der Waals surface area (Å²) < 4.78 is 33.1. The zero-order valence-corrected chi connectivity index (χ0v) is 12.7. The maximum atomic E-state index is 13.3. The van der Waals surface area contributed by atoms with E-state index < -0.39 is 17.7 Å². The summed E-state index contributed by atoms with van der Waals surface area (Å²) in [4.78, 5) is 0. The normalized spacial score (nSPS) is 12.8. The molecule has 2 N–H and O–H groups in total. The van der Waals surface area contributed by atoms with Gasteiger partial charge >= 0.3 is 0 Å². The van der Waals surface area contributed by atoms with Crippen LogP contribution in [0.25, 0.3) is 11.0 Å². The van der Waals surface area contributed by atoms with Crippen molar-refractivity contribution in [2.45, 2.75) is 13.0 Å². The monoisotopic (exact) mass is 351 g/mol. The summed E-state index contributed by atoms with van der Waals surface area (Å²) in [5, 5.41) is 0.942. The summed E-state index contributed by atoms with van der Waals surface area (Å²) in [6.45, 7) is 1.90. The van der Waals surface area contributed by atoms with Gasteiger partial charge in [0.05, 0.1) is 6.04 Å². The third-order valence-electron chi connectivity index (χ3n) is 3.52. The standard InChI is InChI=1S/C16H12BrF2NO/c1-8-11-7-10(17)3-5-14(11)21-16(8)15(20)9-2-4-12(18)13(19)6-9/h2-7,15H,20H2,1H3. The van der Waals surface area contributed by atoms with E-state index in [0.717, 1.165) is 27.6 Å². The zero-order chi connectivity index (χ0) is 15.1. The van der Waals surface area contributed by atoms with Crippen molar-refractivity contribution >= 4 is 26.9 Å². The maximum Gasteiger partial charge on any atom is 0.159 e. The number of aryl methyl sites for hydroxylation is 1. The molecular weight excluding hydrogens is 340 g/mol. The minimum atomic E-state index is -0.917. The first kappa shape index (κ1) is 14.2. The molecule has 0 aliphatic heterocycles. The van der Waals surface area contributed by atoms with Crippen LogP contribution in [0.2, 0.25) is 0 Å². The van der Waals surface area contributed by atoms with E-state index in [9.17, 15) is 8.78 Å². The molecule has 0 amide bonds. The molecule has 1 unspecified atom stereocenters. The van der Waals surface area contributed by atoms with Gasteiger partial charge in [-0.1, -0.05) is 22.0 Å². The second-order valence-corrected chi connectivity index (χ2v) is 5.80. The summed E-state index contributed by atoms with van der Waals surface area (Å²) in [6, 6.07) is 8.64. The van der Waals surface area contributed by atoms with Gasteiger partial charge in [-0.2, -0.15) is 0 Å². The average Bonchev–Trinajstić information content (AvgIpc) is 2.78. The molecule has 1 atom stereocenters. The first-order chi connectivity index (χ1) is 9.97. The Bertz CT molecular complexity index is 829. The minimum Gasteiger partial charge on any atom is -0.459 e. The highest BCUT2D eigenvalue weighted by molar-refractivity contribution is 9.10. The van der Waals surface area contributed by atoms with Gasteiger partial charge in [-0.15, -0.1) is 0 Å². The van der Waals surface area contributed by atoms with E-state index in [0.29, 0.717) is 16.9 Å². The zero-order valence-electron chi connectivity index (χ0n) is 11.2. The van der Waals surface area contributed by atoms with Crippen molar-refractivity contribution in [3.05, 3.63) is 69.4 Å². The fourth-order valence-corrected chi connectivity index (χ4v) is 2.73. The molecule has 2 nitrogen and oxygen atoms in total. The van der Waals surface area contributed by atoms with Crippen LogP contribution in [0.1, 0.15) is 22.9 Å². The van der Waals surface area contributed by atoms with Gasteiger partial charge in [-0.25, -0.2) is 8.78 Å². The van der Waals surface area contributed by atoms with Crippen molar-refractivity contribution in [1.82, 2.24) is 0 Å². The third kappa shape index (κ3) is 2.47. The molecule has 3 rings (SSSR count). The summed E-state index contributed by atoms with van der Waals surface area (Å²) in [5.41, 5.74) is 8.22. The highest BCUT2D eigenvalue weighted by atomic mass is 79.9. The number of hydrogen-bond donors (Lipinski definition) is 1. The van der Waals surface area contributed by atoms with E-state index in [1.54, 1.807) is 0 Å². The molecule has 1 aromatic heterocycles. The van der Waals surface area contributed by atoms with Crippen molar-refractivity contribution in [3.8, 4) is 0 Å². The molecular formula is C16H12BrF2NO. The van der Waals surface area contributed by atoms with Crippen molar-refractivity contribution in [2.75, 3.05) is 0 Å². The van der Waals surface area contributed by atoms with Crippen LogP contribution in [-0.4, -0.2) is 0 Å².